The molecule has 2 aromatic carbocycles. The molecular weight excluding hydrogens is 430 g/mol. The Hall–Kier alpha value is -2.90. The molecule has 2 amide bonds. The number of carbonyl (C=O) groups is 2. The monoisotopic (exact) mass is 457 g/mol. The van der Waals surface area contributed by atoms with Crippen LogP contribution in [0.3, 0.4) is 0 Å². The average molecular weight is 458 g/mol. The van der Waals surface area contributed by atoms with Gasteiger partial charge >= 0.3 is 0 Å². The van der Waals surface area contributed by atoms with Crippen molar-refractivity contribution in [1.82, 2.24) is 9.91 Å². The predicted molar refractivity (Wildman–Crippen MR) is 124 cm³/mol. The molecule has 1 atom stereocenters. The molecule has 8 heteroatoms. The molecule has 0 radical (unpaired) electrons. The molecule has 170 valence electrons. The van der Waals surface area contributed by atoms with E-state index in [0.717, 1.165) is 11.1 Å². The van der Waals surface area contributed by atoms with E-state index in [9.17, 15) is 9.59 Å². The van der Waals surface area contributed by atoms with Gasteiger partial charge in [0.2, 0.25) is 5.91 Å². The number of hydrogen-bond acceptors (Lipinski definition) is 5. The fourth-order valence-electron chi connectivity index (χ4n) is 3.73. The van der Waals surface area contributed by atoms with Gasteiger partial charge in [-0.1, -0.05) is 54.9 Å². The summed E-state index contributed by atoms with van der Waals surface area (Å²) in [6, 6.07) is 14.6. The van der Waals surface area contributed by atoms with E-state index >= 15 is 0 Å². The predicted octanol–water partition coefficient (Wildman–Crippen LogP) is 3.91. The van der Waals surface area contributed by atoms with Gasteiger partial charge in [0.15, 0.2) is 0 Å². The number of carbonyl (C=O) groups excluding carboxylic acids is 2. The van der Waals surface area contributed by atoms with Gasteiger partial charge in [-0.15, -0.1) is 0 Å². The Balaban J connectivity index is 1.95. The maximum atomic E-state index is 13.4. The molecule has 1 heterocycles. The number of rotatable bonds is 9. The van der Waals surface area contributed by atoms with Gasteiger partial charge in [0.05, 0.1) is 25.5 Å². The molecule has 1 aliphatic rings. The van der Waals surface area contributed by atoms with Crippen molar-refractivity contribution in [2.45, 2.75) is 25.8 Å². The summed E-state index contributed by atoms with van der Waals surface area (Å²) in [7, 11) is 3.16. The second-order valence-electron chi connectivity index (χ2n) is 7.39. The average Bonchev–Trinajstić information content (AvgIpc) is 3.26. The zero-order valence-corrected chi connectivity index (χ0v) is 19.3. The number of nitrogens with zero attached hydrogens (tertiary/aromatic N) is 3. The number of para-hydroxylation sites is 1. The summed E-state index contributed by atoms with van der Waals surface area (Å²) >= 11 is 6.41. The van der Waals surface area contributed by atoms with Crippen LogP contribution in [-0.4, -0.2) is 61.4 Å². The molecule has 0 bridgehead atoms. The van der Waals surface area contributed by atoms with Gasteiger partial charge in [-0.2, -0.15) is 5.10 Å². The summed E-state index contributed by atoms with van der Waals surface area (Å²) in [5, 5.41) is 6.69. The maximum absolute atomic E-state index is 13.4. The molecule has 0 spiro atoms. The first kappa shape index (κ1) is 23.8. The second kappa shape index (κ2) is 11.1. The highest BCUT2D eigenvalue weighted by Crippen LogP contribution is 2.38. The van der Waals surface area contributed by atoms with E-state index in [0.29, 0.717) is 42.5 Å². The van der Waals surface area contributed by atoms with Crippen LogP contribution < -0.4 is 4.74 Å². The van der Waals surface area contributed by atoms with Crippen LogP contribution in [0.15, 0.2) is 53.6 Å². The van der Waals surface area contributed by atoms with Gasteiger partial charge in [-0.3, -0.25) is 9.59 Å². The van der Waals surface area contributed by atoms with Crippen molar-refractivity contribution in [3.63, 3.8) is 0 Å². The minimum atomic E-state index is -0.370. The van der Waals surface area contributed by atoms with Gasteiger partial charge in [0.25, 0.3) is 5.91 Å². The van der Waals surface area contributed by atoms with Crippen LogP contribution in [0, 0.1) is 0 Å². The van der Waals surface area contributed by atoms with E-state index < -0.39 is 0 Å². The topological polar surface area (TPSA) is 71.4 Å². The molecule has 0 aromatic heterocycles. The molecule has 0 N–H and O–H groups in total. The molecule has 1 aliphatic heterocycles. The lowest BCUT2D eigenvalue weighted by Crippen LogP contribution is -2.42. The smallest absolute Gasteiger partial charge is 0.262 e. The highest BCUT2D eigenvalue weighted by Gasteiger charge is 2.36. The van der Waals surface area contributed by atoms with Crippen LogP contribution in [0.5, 0.6) is 5.75 Å². The quantitative estimate of drug-likeness (QED) is 0.572. The van der Waals surface area contributed by atoms with E-state index in [4.69, 9.17) is 21.1 Å². The van der Waals surface area contributed by atoms with Crippen LogP contribution in [0.4, 0.5) is 0 Å². The lowest BCUT2D eigenvalue weighted by Gasteiger charge is -2.27. The fraction of sp³-hybridized carbons (Fsp3) is 0.375. The number of ether oxygens (including phenoxy) is 2. The molecule has 0 aliphatic carbocycles. The molecule has 2 aromatic rings. The van der Waals surface area contributed by atoms with E-state index in [1.165, 1.54) is 9.91 Å². The first-order chi connectivity index (χ1) is 15.5. The third-order valence-electron chi connectivity index (χ3n) is 5.40. The number of halogens is 1. The Kier molecular flexibility index (Phi) is 8.25. The lowest BCUT2D eigenvalue weighted by molar-refractivity contribution is -0.141. The van der Waals surface area contributed by atoms with Crippen molar-refractivity contribution in [2.24, 2.45) is 5.10 Å². The molecule has 7 nitrogen and oxygen atoms in total. The summed E-state index contributed by atoms with van der Waals surface area (Å²) in [6.45, 7) is 2.38. The maximum Gasteiger partial charge on any atom is 0.262 e. The number of hydrogen-bond donors (Lipinski definition) is 0. The SMILES string of the molecule is CCC(=O)N(CCOC)CC(=O)N1N=C(c2ccccc2Cl)CC1c1ccccc1OC. The summed E-state index contributed by atoms with van der Waals surface area (Å²) in [6.07, 6.45) is 0.788. The largest absolute Gasteiger partial charge is 0.496 e. The Morgan fingerprint density at radius 3 is 2.56 bits per heavy atom. The molecule has 3 rings (SSSR count). The van der Waals surface area contributed by atoms with Gasteiger partial charge in [0.1, 0.15) is 12.3 Å². The van der Waals surface area contributed by atoms with Gasteiger partial charge in [-0.05, 0) is 12.1 Å². The molecule has 0 saturated heterocycles. The standard InChI is InChI=1S/C24H28ClN3O4/c1-4-23(29)27(13-14-31-2)16-24(30)28-21(18-10-6-8-12-22(18)32-3)15-20(26-28)17-9-5-7-11-19(17)25/h5-12,21H,4,13-16H2,1-3H3. The Morgan fingerprint density at radius 1 is 1.16 bits per heavy atom. The van der Waals surface area contributed by atoms with Crippen molar-refractivity contribution in [1.29, 1.82) is 0 Å². The minimum Gasteiger partial charge on any atom is -0.496 e. The fourth-order valence-corrected chi connectivity index (χ4v) is 3.98. The van der Waals surface area contributed by atoms with E-state index in [1.807, 2.05) is 42.5 Å². The van der Waals surface area contributed by atoms with Crippen LogP contribution in [0.1, 0.15) is 36.9 Å². The lowest BCUT2D eigenvalue weighted by atomic mass is 9.97. The van der Waals surface area contributed by atoms with Crippen LogP contribution in [-0.2, 0) is 14.3 Å². The summed E-state index contributed by atoms with van der Waals surface area (Å²) in [5.41, 5.74) is 2.34. The highest BCUT2D eigenvalue weighted by molar-refractivity contribution is 6.34. The Morgan fingerprint density at radius 2 is 1.88 bits per heavy atom. The number of benzene rings is 2. The van der Waals surface area contributed by atoms with Crippen molar-refractivity contribution in [2.75, 3.05) is 33.9 Å². The molecule has 32 heavy (non-hydrogen) atoms. The number of amides is 2. The molecule has 0 saturated carbocycles. The summed E-state index contributed by atoms with van der Waals surface area (Å²) in [5.74, 6) is 0.284. The summed E-state index contributed by atoms with van der Waals surface area (Å²) in [4.78, 5) is 27.3. The molecule has 0 fully saturated rings. The Labute approximate surface area is 193 Å². The summed E-state index contributed by atoms with van der Waals surface area (Å²) < 4.78 is 10.6. The van der Waals surface area contributed by atoms with Crippen molar-refractivity contribution < 1.29 is 19.1 Å². The van der Waals surface area contributed by atoms with Crippen LogP contribution >= 0.6 is 11.6 Å². The van der Waals surface area contributed by atoms with Crippen LogP contribution in [0.25, 0.3) is 0 Å². The first-order valence-electron chi connectivity index (χ1n) is 10.5. The zero-order chi connectivity index (χ0) is 23.1. The Bertz CT molecular complexity index is 995. The zero-order valence-electron chi connectivity index (χ0n) is 18.6. The molecule has 1 unspecified atom stereocenters. The van der Waals surface area contributed by atoms with Gasteiger partial charge in [0, 0.05) is 42.6 Å². The third kappa shape index (κ3) is 5.29. The second-order valence-corrected chi connectivity index (χ2v) is 7.80. The van der Waals surface area contributed by atoms with Crippen molar-refractivity contribution >= 4 is 29.1 Å². The normalized spacial score (nSPS) is 15.4. The van der Waals surface area contributed by atoms with E-state index in [2.05, 4.69) is 5.10 Å². The van der Waals surface area contributed by atoms with E-state index in [1.54, 1.807) is 27.2 Å². The highest BCUT2D eigenvalue weighted by atomic mass is 35.5. The first-order valence-corrected chi connectivity index (χ1v) is 10.9. The van der Waals surface area contributed by atoms with Crippen LogP contribution in [0.2, 0.25) is 5.02 Å². The minimum absolute atomic E-state index is 0.0824. The van der Waals surface area contributed by atoms with E-state index in [-0.39, 0.29) is 24.4 Å². The molecular formula is C24H28ClN3O4. The third-order valence-corrected chi connectivity index (χ3v) is 5.72. The van der Waals surface area contributed by atoms with Gasteiger partial charge < -0.3 is 14.4 Å². The number of hydrazone groups is 1. The van der Waals surface area contributed by atoms with Gasteiger partial charge in [-0.25, -0.2) is 5.01 Å². The van der Waals surface area contributed by atoms with Crippen molar-refractivity contribution in [3.8, 4) is 5.75 Å². The number of methoxy groups -OCH3 is 2. The van der Waals surface area contributed by atoms with Crippen molar-refractivity contribution in [3.05, 3.63) is 64.7 Å².